The molecule has 4 atom stereocenters. The van der Waals surface area contributed by atoms with Gasteiger partial charge in [-0.05, 0) is 70.0 Å². The minimum absolute atomic E-state index is 0.0383. The number of rotatable bonds is 4. The fraction of sp³-hybridized carbons (Fsp3) is 1.00. The maximum Gasteiger partial charge on any atom is 0.0580 e. The van der Waals surface area contributed by atoms with Crippen molar-refractivity contribution < 1.29 is 5.11 Å². The van der Waals surface area contributed by atoms with Gasteiger partial charge in [-0.25, -0.2) is 0 Å². The Hall–Kier alpha value is -0.120. The Morgan fingerprint density at radius 2 is 1.85 bits per heavy atom. The van der Waals surface area contributed by atoms with E-state index in [0.717, 1.165) is 24.9 Å². The molecule has 3 heteroatoms. The summed E-state index contributed by atoms with van der Waals surface area (Å²) < 4.78 is 0. The van der Waals surface area contributed by atoms with Crippen molar-refractivity contribution in [3.63, 3.8) is 0 Å². The van der Waals surface area contributed by atoms with Gasteiger partial charge in [0.1, 0.15) is 0 Å². The van der Waals surface area contributed by atoms with Gasteiger partial charge in [0.2, 0.25) is 0 Å². The molecule has 0 radical (unpaired) electrons. The molecule has 3 fully saturated rings. The molecule has 0 aromatic carbocycles. The SMILES string of the molecule is CCC1CCC(O)C(CN2CCC(N3CCCC3)C2)C1. The van der Waals surface area contributed by atoms with Gasteiger partial charge in [0.15, 0.2) is 0 Å². The lowest BCUT2D eigenvalue weighted by molar-refractivity contribution is 0.0295. The summed E-state index contributed by atoms with van der Waals surface area (Å²) in [4.78, 5) is 5.33. The molecule has 0 aromatic rings. The number of aliphatic hydroxyl groups is 1. The molecular weight excluding hydrogens is 248 g/mol. The molecule has 0 amide bonds. The molecule has 0 bridgehead atoms. The normalized spacial score (nSPS) is 40.5. The Morgan fingerprint density at radius 3 is 2.60 bits per heavy atom. The largest absolute Gasteiger partial charge is 0.393 e. The Labute approximate surface area is 124 Å². The molecular formula is C17H32N2O. The third-order valence-corrected chi connectivity index (χ3v) is 6.03. The number of likely N-dealkylation sites (tertiary alicyclic amines) is 2. The first-order chi connectivity index (χ1) is 9.76. The van der Waals surface area contributed by atoms with E-state index in [2.05, 4.69) is 16.7 Å². The second-order valence-corrected chi connectivity index (χ2v) is 7.36. The molecule has 2 aliphatic heterocycles. The van der Waals surface area contributed by atoms with Crippen LogP contribution in [-0.4, -0.2) is 59.8 Å². The monoisotopic (exact) mass is 280 g/mol. The summed E-state index contributed by atoms with van der Waals surface area (Å²) in [5.41, 5.74) is 0. The first kappa shape index (κ1) is 14.8. The molecule has 3 rings (SSSR count). The van der Waals surface area contributed by atoms with E-state index in [1.165, 1.54) is 64.7 Å². The van der Waals surface area contributed by atoms with Crippen LogP contribution in [0.3, 0.4) is 0 Å². The Morgan fingerprint density at radius 1 is 1.05 bits per heavy atom. The van der Waals surface area contributed by atoms with E-state index in [1.54, 1.807) is 0 Å². The molecule has 2 heterocycles. The topological polar surface area (TPSA) is 26.7 Å². The van der Waals surface area contributed by atoms with Crippen LogP contribution in [0.2, 0.25) is 0 Å². The quantitative estimate of drug-likeness (QED) is 0.856. The van der Waals surface area contributed by atoms with Crippen molar-refractivity contribution in [2.24, 2.45) is 11.8 Å². The van der Waals surface area contributed by atoms with Crippen LogP contribution in [0.1, 0.15) is 51.9 Å². The molecule has 1 aliphatic carbocycles. The lowest BCUT2D eigenvalue weighted by atomic mass is 9.78. The van der Waals surface area contributed by atoms with Gasteiger partial charge in [-0.3, -0.25) is 4.90 Å². The van der Waals surface area contributed by atoms with Gasteiger partial charge in [0.25, 0.3) is 0 Å². The smallest absolute Gasteiger partial charge is 0.0580 e. The molecule has 2 saturated heterocycles. The van der Waals surface area contributed by atoms with Crippen molar-refractivity contribution in [2.75, 3.05) is 32.7 Å². The maximum atomic E-state index is 10.3. The fourth-order valence-corrected chi connectivity index (χ4v) is 4.63. The first-order valence-electron chi connectivity index (χ1n) is 8.90. The average Bonchev–Trinajstić information content (AvgIpc) is 3.12. The minimum atomic E-state index is -0.0383. The Bertz CT molecular complexity index is 303. The fourth-order valence-electron chi connectivity index (χ4n) is 4.63. The molecule has 3 aliphatic rings. The number of aliphatic hydroxyl groups excluding tert-OH is 1. The van der Waals surface area contributed by atoms with Crippen molar-refractivity contribution in [3.8, 4) is 0 Å². The zero-order valence-electron chi connectivity index (χ0n) is 13.1. The molecule has 116 valence electrons. The zero-order chi connectivity index (χ0) is 13.9. The molecule has 0 aromatic heterocycles. The molecule has 3 nitrogen and oxygen atoms in total. The van der Waals surface area contributed by atoms with Crippen LogP contribution in [-0.2, 0) is 0 Å². The highest BCUT2D eigenvalue weighted by molar-refractivity contribution is 4.88. The van der Waals surface area contributed by atoms with Crippen molar-refractivity contribution in [3.05, 3.63) is 0 Å². The van der Waals surface area contributed by atoms with Crippen LogP contribution in [0, 0.1) is 11.8 Å². The highest BCUT2D eigenvalue weighted by atomic mass is 16.3. The standard InChI is InChI=1S/C17H32N2O/c1-2-14-5-6-17(20)15(11-14)12-18-10-7-16(13-18)19-8-3-4-9-19/h14-17,20H,2-13H2,1H3. The molecule has 1 N–H and O–H groups in total. The molecule has 1 saturated carbocycles. The highest BCUT2D eigenvalue weighted by Gasteiger charge is 2.34. The zero-order valence-corrected chi connectivity index (χ0v) is 13.1. The van der Waals surface area contributed by atoms with Gasteiger partial charge in [0, 0.05) is 19.1 Å². The molecule has 20 heavy (non-hydrogen) atoms. The number of hydrogen-bond acceptors (Lipinski definition) is 3. The predicted molar refractivity (Wildman–Crippen MR) is 82.8 cm³/mol. The third-order valence-electron chi connectivity index (χ3n) is 6.03. The summed E-state index contributed by atoms with van der Waals surface area (Å²) in [5, 5.41) is 10.3. The summed E-state index contributed by atoms with van der Waals surface area (Å²) in [6.45, 7) is 8.59. The van der Waals surface area contributed by atoms with Crippen molar-refractivity contribution >= 4 is 0 Å². The summed E-state index contributed by atoms with van der Waals surface area (Å²) in [6, 6.07) is 0.806. The Balaban J connectivity index is 1.48. The van der Waals surface area contributed by atoms with Gasteiger partial charge in [-0.1, -0.05) is 13.3 Å². The lowest BCUT2D eigenvalue weighted by Gasteiger charge is -2.35. The average molecular weight is 280 g/mol. The van der Waals surface area contributed by atoms with Crippen molar-refractivity contribution in [1.82, 2.24) is 9.80 Å². The van der Waals surface area contributed by atoms with Crippen LogP contribution >= 0.6 is 0 Å². The van der Waals surface area contributed by atoms with Crippen molar-refractivity contribution in [2.45, 2.75) is 64.0 Å². The maximum absolute atomic E-state index is 10.3. The van der Waals surface area contributed by atoms with E-state index >= 15 is 0 Å². The van der Waals surface area contributed by atoms with E-state index in [-0.39, 0.29) is 6.10 Å². The number of nitrogens with zero attached hydrogens (tertiary/aromatic N) is 2. The molecule has 4 unspecified atom stereocenters. The number of hydrogen-bond donors (Lipinski definition) is 1. The van der Waals surface area contributed by atoms with Gasteiger partial charge in [-0.15, -0.1) is 0 Å². The first-order valence-corrected chi connectivity index (χ1v) is 8.90. The van der Waals surface area contributed by atoms with Crippen molar-refractivity contribution in [1.29, 1.82) is 0 Å². The van der Waals surface area contributed by atoms with Crippen LogP contribution in [0.15, 0.2) is 0 Å². The van der Waals surface area contributed by atoms with E-state index in [9.17, 15) is 5.11 Å². The van der Waals surface area contributed by atoms with E-state index < -0.39 is 0 Å². The molecule has 0 spiro atoms. The van der Waals surface area contributed by atoms with Gasteiger partial charge < -0.3 is 10.0 Å². The van der Waals surface area contributed by atoms with Crippen LogP contribution in [0.4, 0.5) is 0 Å². The van der Waals surface area contributed by atoms with E-state index in [0.29, 0.717) is 5.92 Å². The predicted octanol–water partition coefficient (Wildman–Crippen LogP) is 2.34. The van der Waals surface area contributed by atoms with Gasteiger partial charge in [0.05, 0.1) is 6.10 Å². The third kappa shape index (κ3) is 3.37. The summed E-state index contributed by atoms with van der Waals surface area (Å²) in [5.74, 6) is 1.39. The second kappa shape index (κ2) is 6.76. The Kier molecular flexibility index (Phi) is 5.00. The summed E-state index contributed by atoms with van der Waals surface area (Å²) >= 11 is 0. The van der Waals surface area contributed by atoms with Gasteiger partial charge in [-0.2, -0.15) is 0 Å². The second-order valence-electron chi connectivity index (χ2n) is 7.36. The van der Waals surface area contributed by atoms with E-state index in [1.807, 2.05) is 0 Å². The van der Waals surface area contributed by atoms with Gasteiger partial charge >= 0.3 is 0 Å². The lowest BCUT2D eigenvalue weighted by Crippen LogP contribution is -2.40. The highest BCUT2D eigenvalue weighted by Crippen LogP contribution is 2.32. The van der Waals surface area contributed by atoms with Crippen LogP contribution < -0.4 is 0 Å². The van der Waals surface area contributed by atoms with Crippen LogP contribution in [0.25, 0.3) is 0 Å². The van der Waals surface area contributed by atoms with E-state index in [4.69, 9.17) is 0 Å². The summed E-state index contributed by atoms with van der Waals surface area (Å²) in [6.07, 6.45) is 8.93. The minimum Gasteiger partial charge on any atom is -0.393 e. The summed E-state index contributed by atoms with van der Waals surface area (Å²) in [7, 11) is 0. The van der Waals surface area contributed by atoms with Crippen LogP contribution in [0.5, 0.6) is 0 Å².